The molecule has 7 rings (SSSR count). The van der Waals surface area contributed by atoms with Crippen molar-refractivity contribution in [2.24, 2.45) is 0 Å². The molecule has 9 heteroatoms. The van der Waals surface area contributed by atoms with Gasteiger partial charge in [0.05, 0.1) is 17.7 Å². The van der Waals surface area contributed by atoms with Crippen LogP contribution >= 0.6 is 0 Å². The van der Waals surface area contributed by atoms with Crippen LogP contribution in [0.4, 0.5) is 10.1 Å². The van der Waals surface area contributed by atoms with Crippen LogP contribution in [0.2, 0.25) is 0 Å². The number of nitrogens with zero attached hydrogens (tertiary/aromatic N) is 4. The molecule has 154 valence electrons. The molecule has 0 aromatic carbocycles. The van der Waals surface area contributed by atoms with Crippen LogP contribution < -0.4 is 10.9 Å². The summed E-state index contributed by atoms with van der Waals surface area (Å²) in [5.41, 5.74) is -0.0649. The first-order valence-electron chi connectivity index (χ1n) is 10.1. The van der Waals surface area contributed by atoms with Gasteiger partial charge in [0.2, 0.25) is 0 Å². The van der Waals surface area contributed by atoms with E-state index in [1.807, 2.05) is 6.20 Å². The zero-order valence-electron chi connectivity index (χ0n) is 16.2. The van der Waals surface area contributed by atoms with E-state index in [-0.39, 0.29) is 22.8 Å². The number of ether oxygens (including phenoxy) is 1. The maximum atomic E-state index is 13.2. The van der Waals surface area contributed by atoms with Crippen LogP contribution in [0.5, 0.6) is 0 Å². The van der Waals surface area contributed by atoms with Gasteiger partial charge in [-0.2, -0.15) is 5.10 Å². The minimum absolute atomic E-state index is 0.197. The first-order chi connectivity index (χ1) is 14.5. The maximum absolute atomic E-state index is 13.2. The number of hydrogen-bond acceptors (Lipinski definition) is 5. The highest BCUT2D eigenvalue weighted by atomic mass is 19.1. The summed E-state index contributed by atoms with van der Waals surface area (Å²) in [5.74, 6) is -0.398. The van der Waals surface area contributed by atoms with Gasteiger partial charge < -0.3 is 14.6 Å². The molecule has 0 atom stereocenters. The highest BCUT2D eigenvalue weighted by Gasteiger charge is 2.64. The van der Waals surface area contributed by atoms with Crippen molar-refractivity contribution in [3.8, 4) is 0 Å². The number of amides is 1. The van der Waals surface area contributed by atoms with Crippen molar-refractivity contribution < 1.29 is 13.9 Å². The summed E-state index contributed by atoms with van der Waals surface area (Å²) in [5, 5.41) is 7.94. The number of hydrogen-bond donors (Lipinski definition) is 1. The Morgan fingerprint density at radius 1 is 1.37 bits per heavy atom. The summed E-state index contributed by atoms with van der Waals surface area (Å²) in [7, 11) is 0. The fraction of sp³-hybridized carbons (Fsp3) is 0.429. The third-order valence-corrected chi connectivity index (χ3v) is 6.46. The summed E-state index contributed by atoms with van der Waals surface area (Å²) in [6.07, 6.45) is 8.20. The first-order valence-corrected chi connectivity index (χ1v) is 10.1. The third-order valence-electron chi connectivity index (χ3n) is 6.46. The Kier molecular flexibility index (Phi) is 3.54. The standard InChI is InChI=1S/C21H20FN5O3/c22-11-21-9-20(10-21,12-30-21)27-8-14-6-13(7-23-17(14)25-27)18(28)24-16-2-1-5-26(19(16)29)15-3-4-15/h1-2,5-8,15H,3-4,9-12H2,(H,24,28). The molecule has 2 bridgehead atoms. The van der Waals surface area contributed by atoms with Gasteiger partial charge in [0.1, 0.15) is 18.0 Å². The van der Waals surface area contributed by atoms with Gasteiger partial charge in [0.25, 0.3) is 11.5 Å². The van der Waals surface area contributed by atoms with Crippen LogP contribution in [-0.2, 0) is 10.3 Å². The Balaban J connectivity index is 1.26. The molecule has 0 radical (unpaired) electrons. The quantitative estimate of drug-likeness (QED) is 0.699. The molecular weight excluding hydrogens is 389 g/mol. The molecule has 5 heterocycles. The molecule has 8 nitrogen and oxygen atoms in total. The van der Waals surface area contributed by atoms with E-state index >= 15 is 0 Å². The summed E-state index contributed by atoms with van der Waals surface area (Å²) in [6.45, 7) is -0.0560. The van der Waals surface area contributed by atoms with Gasteiger partial charge in [-0.25, -0.2) is 9.37 Å². The number of halogens is 1. The lowest BCUT2D eigenvalue weighted by atomic mass is 9.69. The number of pyridine rings is 2. The van der Waals surface area contributed by atoms with Crippen LogP contribution in [0, 0.1) is 0 Å². The average Bonchev–Trinajstić information content (AvgIpc) is 3.21. The second kappa shape index (κ2) is 5.98. The Morgan fingerprint density at radius 2 is 2.20 bits per heavy atom. The highest BCUT2D eigenvalue weighted by Crippen LogP contribution is 2.56. The molecule has 2 saturated heterocycles. The highest BCUT2D eigenvalue weighted by molar-refractivity contribution is 6.05. The fourth-order valence-electron chi connectivity index (χ4n) is 4.72. The molecule has 30 heavy (non-hydrogen) atoms. The minimum Gasteiger partial charge on any atom is -0.370 e. The first kappa shape index (κ1) is 17.8. The molecule has 2 aliphatic carbocycles. The number of rotatable bonds is 5. The molecule has 0 spiro atoms. The summed E-state index contributed by atoms with van der Waals surface area (Å²) < 4.78 is 22.3. The number of fused-ring (bicyclic) bond motifs is 2. The lowest BCUT2D eigenvalue weighted by molar-refractivity contribution is -0.0336. The van der Waals surface area contributed by atoms with Crippen molar-refractivity contribution in [3.63, 3.8) is 0 Å². The van der Waals surface area contributed by atoms with Crippen molar-refractivity contribution in [3.05, 3.63) is 52.7 Å². The second-order valence-corrected chi connectivity index (χ2v) is 8.71. The van der Waals surface area contributed by atoms with Crippen molar-refractivity contribution in [2.45, 2.75) is 42.9 Å². The Labute approximate surface area is 170 Å². The number of carbonyl (C=O) groups is 1. The van der Waals surface area contributed by atoms with E-state index < -0.39 is 18.2 Å². The van der Waals surface area contributed by atoms with Gasteiger partial charge in [-0.05, 0) is 31.0 Å². The lowest BCUT2D eigenvalue weighted by Crippen LogP contribution is -2.52. The Morgan fingerprint density at radius 3 is 2.93 bits per heavy atom. The van der Waals surface area contributed by atoms with Gasteiger partial charge >= 0.3 is 0 Å². The average molecular weight is 409 g/mol. The molecule has 3 aromatic heterocycles. The van der Waals surface area contributed by atoms with E-state index in [9.17, 15) is 14.0 Å². The molecule has 3 aromatic rings. The molecule has 4 aliphatic rings. The molecular formula is C21H20FN5O3. The number of alkyl halides is 1. The van der Waals surface area contributed by atoms with E-state index in [4.69, 9.17) is 4.74 Å². The molecule has 2 aliphatic heterocycles. The molecule has 4 fully saturated rings. The van der Waals surface area contributed by atoms with Crippen molar-refractivity contribution >= 4 is 22.6 Å². The van der Waals surface area contributed by atoms with Crippen LogP contribution in [-0.4, -0.2) is 44.1 Å². The van der Waals surface area contributed by atoms with Crippen LogP contribution in [0.1, 0.15) is 42.1 Å². The van der Waals surface area contributed by atoms with Gasteiger partial charge in [-0.15, -0.1) is 0 Å². The predicted molar refractivity (Wildman–Crippen MR) is 106 cm³/mol. The Hall–Kier alpha value is -3.07. The number of anilines is 1. The number of nitrogens with one attached hydrogen (secondary N) is 1. The monoisotopic (exact) mass is 409 g/mol. The van der Waals surface area contributed by atoms with Crippen LogP contribution in [0.25, 0.3) is 11.0 Å². The molecule has 2 saturated carbocycles. The van der Waals surface area contributed by atoms with Gasteiger partial charge in [0, 0.05) is 42.9 Å². The fourth-order valence-corrected chi connectivity index (χ4v) is 4.72. The van der Waals surface area contributed by atoms with Crippen LogP contribution in [0.15, 0.2) is 41.6 Å². The van der Waals surface area contributed by atoms with E-state index in [0.717, 1.165) is 12.8 Å². The predicted octanol–water partition coefficient (Wildman–Crippen LogP) is 2.41. The largest absolute Gasteiger partial charge is 0.370 e. The number of carbonyl (C=O) groups excluding carboxylic acids is 1. The summed E-state index contributed by atoms with van der Waals surface area (Å²) >= 11 is 0. The topological polar surface area (TPSA) is 91.0 Å². The summed E-state index contributed by atoms with van der Waals surface area (Å²) in [6, 6.07) is 5.31. The van der Waals surface area contributed by atoms with Crippen molar-refractivity contribution in [1.82, 2.24) is 19.3 Å². The lowest BCUT2D eigenvalue weighted by Gasteiger charge is -2.42. The Bertz CT molecular complexity index is 1240. The SMILES string of the molecule is O=C(Nc1cccn(C2CC2)c1=O)c1cnc2nn(C34COC(CF)(C3)C4)cc2c1. The smallest absolute Gasteiger partial charge is 0.274 e. The molecule has 0 unspecified atom stereocenters. The van der Waals surface area contributed by atoms with Crippen molar-refractivity contribution in [1.29, 1.82) is 0 Å². The molecule has 1 amide bonds. The second-order valence-electron chi connectivity index (χ2n) is 8.71. The zero-order chi connectivity index (χ0) is 20.5. The number of aromatic nitrogens is 4. The third kappa shape index (κ3) is 2.54. The normalized spacial score (nSPS) is 27.2. The maximum Gasteiger partial charge on any atom is 0.274 e. The van der Waals surface area contributed by atoms with E-state index in [2.05, 4.69) is 15.4 Å². The minimum atomic E-state index is -0.653. The van der Waals surface area contributed by atoms with Crippen molar-refractivity contribution in [2.75, 3.05) is 18.6 Å². The summed E-state index contributed by atoms with van der Waals surface area (Å²) in [4.78, 5) is 29.6. The van der Waals surface area contributed by atoms with E-state index in [0.29, 0.717) is 36.0 Å². The van der Waals surface area contributed by atoms with E-state index in [1.165, 1.54) is 6.20 Å². The molecule has 1 N–H and O–H groups in total. The zero-order valence-corrected chi connectivity index (χ0v) is 16.2. The van der Waals surface area contributed by atoms with Gasteiger partial charge in [-0.3, -0.25) is 14.3 Å². The van der Waals surface area contributed by atoms with E-state index in [1.54, 1.807) is 33.6 Å². The van der Waals surface area contributed by atoms with Gasteiger partial charge in [-0.1, -0.05) is 0 Å². The van der Waals surface area contributed by atoms with Crippen LogP contribution in [0.3, 0.4) is 0 Å². The van der Waals surface area contributed by atoms with Gasteiger partial charge in [0.15, 0.2) is 5.65 Å².